The fraction of sp³-hybridized carbons (Fsp3) is 0. The minimum absolute atomic E-state index is 0.230. The molecular formula is C18H11ClN4OS. The Balaban J connectivity index is 1.61. The van der Waals surface area contributed by atoms with E-state index in [0.717, 1.165) is 20.8 Å². The lowest BCUT2D eigenvalue weighted by Crippen LogP contribution is -2.14. The van der Waals surface area contributed by atoms with E-state index in [-0.39, 0.29) is 11.6 Å². The van der Waals surface area contributed by atoms with Crippen LogP contribution in [0.25, 0.3) is 20.8 Å². The summed E-state index contributed by atoms with van der Waals surface area (Å²) in [7, 11) is 0. The van der Waals surface area contributed by atoms with Crippen molar-refractivity contribution < 1.29 is 4.79 Å². The second-order valence-corrected chi connectivity index (χ2v) is 6.66. The average molecular weight is 367 g/mol. The second kappa shape index (κ2) is 6.58. The Morgan fingerprint density at radius 3 is 2.76 bits per heavy atom. The molecule has 0 saturated carbocycles. The fourth-order valence-electron chi connectivity index (χ4n) is 2.35. The van der Waals surface area contributed by atoms with Crippen LogP contribution in [0.4, 0.5) is 5.69 Å². The smallest absolute Gasteiger partial charge is 0.275 e. The highest BCUT2D eigenvalue weighted by molar-refractivity contribution is 7.21. The number of halogens is 1. The number of fused-ring (bicyclic) bond motifs is 1. The quantitative estimate of drug-likeness (QED) is 0.572. The Morgan fingerprint density at radius 1 is 1.12 bits per heavy atom. The first kappa shape index (κ1) is 15.7. The van der Waals surface area contributed by atoms with Crippen LogP contribution in [0.1, 0.15) is 10.5 Å². The molecule has 0 atom stereocenters. The van der Waals surface area contributed by atoms with Crippen molar-refractivity contribution in [1.29, 1.82) is 0 Å². The summed E-state index contributed by atoms with van der Waals surface area (Å²) in [6, 6.07) is 13.4. The zero-order valence-corrected chi connectivity index (χ0v) is 14.4. The van der Waals surface area contributed by atoms with Gasteiger partial charge in [0.2, 0.25) is 0 Å². The number of carbonyl (C=O) groups is 1. The number of para-hydroxylation sites is 1. The maximum Gasteiger partial charge on any atom is 0.275 e. The van der Waals surface area contributed by atoms with Crippen molar-refractivity contribution in [2.24, 2.45) is 0 Å². The van der Waals surface area contributed by atoms with Crippen LogP contribution < -0.4 is 5.32 Å². The first-order valence-corrected chi connectivity index (χ1v) is 8.63. The SMILES string of the molecule is O=C(Nc1ccc(-c2nc3ccccc3s2)cc1Cl)c1cnccn1. The van der Waals surface area contributed by atoms with E-state index < -0.39 is 0 Å². The predicted molar refractivity (Wildman–Crippen MR) is 100 cm³/mol. The normalized spacial score (nSPS) is 10.8. The van der Waals surface area contributed by atoms with E-state index in [1.54, 1.807) is 23.5 Å². The van der Waals surface area contributed by atoms with E-state index in [0.29, 0.717) is 10.7 Å². The van der Waals surface area contributed by atoms with Crippen LogP contribution in [0.15, 0.2) is 61.1 Å². The topological polar surface area (TPSA) is 67.8 Å². The van der Waals surface area contributed by atoms with Crippen molar-refractivity contribution in [1.82, 2.24) is 15.0 Å². The van der Waals surface area contributed by atoms with Gasteiger partial charge in [0.05, 0.1) is 27.1 Å². The minimum atomic E-state index is -0.359. The van der Waals surface area contributed by atoms with Gasteiger partial charge < -0.3 is 5.32 Å². The maximum absolute atomic E-state index is 12.2. The summed E-state index contributed by atoms with van der Waals surface area (Å²) in [5, 5.41) is 4.06. The molecule has 0 aliphatic heterocycles. The minimum Gasteiger partial charge on any atom is -0.319 e. The molecule has 0 fully saturated rings. The summed E-state index contributed by atoms with van der Waals surface area (Å²) >= 11 is 7.94. The predicted octanol–water partition coefficient (Wildman–Crippen LogP) is 4.66. The lowest BCUT2D eigenvalue weighted by Gasteiger charge is -2.07. The zero-order chi connectivity index (χ0) is 17.2. The third-order valence-corrected chi connectivity index (χ3v) is 4.95. The number of nitrogens with zero attached hydrogens (tertiary/aromatic N) is 3. The molecule has 4 aromatic rings. The van der Waals surface area contributed by atoms with E-state index in [4.69, 9.17) is 11.6 Å². The maximum atomic E-state index is 12.2. The number of rotatable bonds is 3. The lowest BCUT2D eigenvalue weighted by atomic mass is 10.2. The molecule has 1 amide bonds. The molecule has 4 rings (SSSR count). The van der Waals surface area contributed by atoms with E-state index in [1.165, 1.54) is 18.6 Å². The summed E-state index contributed by atoms with van der Waals surface area (Å²) in [5.41, 5.74) is 2.61. The fourth-order valence-corrected chi connectivity index (χ4v) is 3.54. The molecule has 0 bridgehead atoms. The van der Waals surface area contributed by atoms with Gasteiger partial charge >= 0.3 is 0 Å². The van der Waals surface area contributed by atoms with E-state index >= 15 is 0 Å². The summed E-state index contributed by atoms with van der Waals surface area (Å²) < 4.78 is 1.12. The molecule has 1 N–H and O–H groups in total. The van der Waals surface area contributed by atoms with Gasteiger partial charge in [-0.1, -0.05) is 23.7 Å². The van der Waals surface area contributed by atoms with Crippen LogP contribution in [-0.2, 0) is 0 Å². The number of hydrogen-bond acceptors (Lipinski definition) is 5. The van der Waals surface area contributed by atoms with Crippen LogP contribution in [0, 0.1) is 0 Å². The molecule has 7 heteroatoms. The van der Waals surface area contributed by atoms with Crippen molar-refractivity contribution in [3.63, 3.8) is 0 Å². The third-order valence-electron chi connectivity index (χ3n) is 3.55. The first-order chi connectivity index (χ1) is 12.2. The molecule has 2 aromatic carbocycles. The number of nitrogens with one attached hydrogen (secondary N) is 1. The number of benzene rings is 2. The van der Waals surface area contributed by atoms with Crippen molar-refractivity contribution in [3.05, 3.63) is 71.8 Å². The van der Waals surface area contributed by atoms with E-state index in [2.05, 4.69) is 20.3 Å². The van der Waals surface area contributed by atoms with Crippen LogP contribution in [0.3, 0.4) is 0 Å². The molecule has 25 heavy (non-hydrogen) atoms. The Morgan fingerprint density at radius 2 is 2.00 bits per heavy atom. The van der Waals surface area contributed by atoms with Gasteiger partial charge in [0.15, 0.2) is 0 Å². The molecule has 0 radical (unpaired) electrons. The summed E-state index contributed by atoms with van der Waals surface area (Å²) in [6.07, 6.45) is 4.38. The number of thiazole rings is 1. The number of hydrogen-bond donors (Lipinski definition) is 1. The van der Waals surface area contributed by atoms with Crippen LogP contribution in [-0.4, -0.2) is 20.9 Å². The molecule has 0 unspecified atom stereocenters. The van der Waals surface area contributed by atoms with Crippen molar-refractivity contribution in [2.75, 3.05) is 5.32 Å². The molecule has 0 aliphatic carbocycles. The van der Waals surface area contributed by atoms with Crippen LogP contribution >= 0.6 is 22.9 Å². The molecule has 0 spiro atoms. The molecule has 2 aromatic heterocycles. The largest absolute Gasteiger partial charge is 0.319 e. The number of amides is 1. The second-order valence-electron chi connectivity index (χ2n) is 5.23. The average Bonchev–Trinajstić information content (AvgIpc) is 3.08. The van der Waals surface area contributed by atoms with Crippen molar-refractivity contribution >= 4 is 44.7 Å². The Kier molecular flexibility index (Phi) is 4.13. The Labute approximate surface area is 152 Å². The van der Waals surface area contributed by atoms with Crippen molar-refractivity contribution in [3.8, 4) is 10.6 Å². The highest BCUT2D eigenvalue weighted by atomic mass is 35.5. The lowest BCUT2D eigenvalue weighted by molar-refractivity contribution is 0.102. The van der Waals surface area contributed by atoms with Crippen LogP contribution in [0.5, 0.6) is 0 Å². The van der Waals surface area contributed by atoms with Gasteiger partial charge in [-0.3, -0.25) is 9.78 Å². The van der Waals surface area contributed by atoms with Gasteiger partial charge in [-0.25, -0.2) is 9.97 Å². The summed E-state index contributed by atoms with van der Waals surface area (Å²) in [4.78, 5) is 24.6. The van der Waals surface area contributed by atoms with E-state index in [9.17, 15) is 4.79 Å². The zero-order valence-electron chi connectivity index (χ0n) is 12.8. The van der Waals surface area contributed by atoms with Crippen molar-refractivity contribution in [2.45, 2.75) is 0 Å². The first-order valence-electron chi connectivity index (χ1n) is 7.43. The molecule has 0 saturated heterocycles. The highest BCUT2D eigenvalue weighted by Gasteiger charge is 2.12. The number of aromatic nitrogens is 3. The Bertz CT molecular complexity index is 1030. The molecule has 122 valence electrons. The van der Waals surface area contributed by atoms with Crippen LogP contribution in [0.2, 0.25) is 5.02 Å². The third kappa shape index (κ3) is 3.22. The van der Waals surface area contributed by atoms with Gasteiger partial charge in [-0.2, -0.15) is 0 Å². The molecule has 2 heterocycles. The standard InChI is InChI=1S/C18H11ClN4OS/c19-12-9-11(18-23-14-3-1-2-4-16(14)25-18)5-6-13(12)22-17(24)15-10-20-7-8-21-15/h1-10H,(H,22,24). The molecule has 5 nitrogen and oxygen atoms in total. The van der Waals surface area contributed by atoms with Gasteiger partial charge in [-0.05, 0) is 30.3 Å². The van der Waals surface area contributed by atoms with E-state index in [1.807, 2.05) is 30.3 Å². The molecule has 0 aliphatic rings. The van der Waals surface area contributed by atoms with Gasteiger partial charge in [0, 0.05) is 18.0 Å². The number of anilines is 1. The highest BCUT2D eigenvalue weighted by Crippen LogP contribution is 2.33. The molecular weight excluding hydrogens is 356 g/mol. The summed E-state index contributed by atoms with van der Waals surface area (Å²) in [6.45, 7) is 0. The summed E-state index contributed by atoms with van der Waals surface area (Å²) in [5.74, 6) is -0.359. The van der Waals surface area contributed by atoms with Gasteiger partial charge in [-0.15, -0.1) is 11.3 Å². The Hall–Kier alpha value is -2.83. The van der Waals surface area contributed by atoms with Gasteiger partial charge in [0.25, 0.3) is 5.91 Å². The van der Waals surface area contributed by atoms with Gasteiger partial charge in [0.1, 0.15) is 10.7 Å². The monoisotopic (exact) mass is 366 g/mol. The number of carbonyl (C=O) groups excluding carboxylic acids is 1.